The number of methoxy groups -OCH3 is 2. The Morgan fingerprint density at radius 3 is 2.67 bits per heavy atom. The number of likely N-dealkylation sites (tertiary alicyclic amines) is 1. The third kappa shape index (κ3) is 4.67. The number of hydrogen-bond acceptors (Lipinski definition) is 6. The highest BCUT2D eigenvalue weighted by Crippen LogP contribution is 2.34. The van der Waals surface area contributed by atoms with Gasteiger partial charge in [-0.3, -0.25) is 0 Å². The fraction of sp³-hybridized carbons (Fsp3) is 0.350. The Balaban J connectivity index is 2.08. The zero-order chi connectivity index (χ0) is 21.9. The summed E-state index contributed by atoms with van der Waals surface area (Å²) >= 11 is 9.60. The molecule has 0 amide bonds. The lowest BCUT2D eigenvalue weighted by Gasteiger charge is -2.29. The highest BCUT2D eigenvalue weighted by atomic mass is 79.9. The molecule has 1 aliphatic rings. The van der Waals surface area contributed by atoms with Crippen LogP contribution in [0.5, 0.6) is 11.5 Å². The Hall–Kier alpha value is -1.99. The summed E-state index contributed by atoms with van der Waals surface area (Å²) in [5.74, 6) is 0.834. The molecule has 1 atom stereocenters. The van der Waals surface area contributed by atoms with Crippen molar-refractivity contribution in [3.8, 4) is 17.7 Å². The number of benzene rings is 2. The minimum atomic E-state index is -3.99. The zero-order valence-corrected chi connectivity index (χ0v) is 19.7. The van der Waals surface area contributed by atoms with Crippen molar-refractivity contribution in [1.82, 2.24) is 9.21 Å². The minimum Gasteiger partial charge on any atom is -0.497 e. The lowest BCUT2D eigenvalue weighted by Crippen LogP contribution is -2.41. The van der Waals surface area contributed by atoms with Crippen molar-refractivity contribution in [2.45, 2.75) is 23.9 Å². The number of hydrogen-bond donors (Lipinski definition) is 0. The standard InChI is InChI=1S/C20H21BrClN3O4S/c1-28-17-4-5-18(21)14(9-17)11-25(16-7-8-24(12-16)13-23)30(26,27)20-10-15(22)3-6-19(20)29-2/h3-6,9-10,16H,7-8,11-12H2,1-2H3/t16-/m1/s1. The highest BCUT2D eigenvalue weighted by molar-refractivity contribution is 9.10. The molecule has 0 bridgehead atoms. The van der Waals surface area contributed by atoms with Gasteiger partial charge in [0.15, 0.2) is 6.19 Å². The van der Waals surface area contributed by atoms with Gasteiger partial charge in [-0.1, -0.05) is 27.5 Å². The number of sulfonamides is 1. The SMILES string of the molecule is COc1ccc(Br)c(CN([C@@H]2CCN(C#N)C2)S(=O)(=O)c2cc(Cl)ccc2OC)c1. The van der Waals surface area contributed by atoms with Gasteiger partial charge in [-0.25, -0.2) is 8.42 Å². The number of ether oxygens (including phenoxy) is 2. The zero-order valence-electron chi connectivity index (χ0n) is 16.5. The average molecular weight is 515 g/mol. The van der Waals surface area contributed by atoms with E-state index in [1.54, 1.807) is 30.2 Å². The molecule has 1 heterocycles. The van der Waals surface area contributed by atoms with Gasteiger partial charge in [0.25, 0.3) is 0 Å². The minimum absolute atomic E-state index is 0.00748. The topological polar surface area (TPSA) is 82.9 Å². The van der Waals surface area contributed by atoms with Gasteiger partial charge in [0.05, 0.1) is 14.2 Å². The van der Waals surface area contributed by atoms with E-state index in [9.17, 15) is 13.7 Å². The van der Waals surface area contributed by atoms with Crippen molar-refractivity contribution in [2.24, 2.45) is 0 Å². The molecule has 160 valence electrons. The average Bonchev–Trinajstić information content (AvgIpc) is 3.21. The monoisotopic (exact) mass is 513 g/mol. The maximum atomic E-state index is 13.8. The lowest BCUT2D eigenvalue weighted by molar-refractivity contribution is 0.311. The second kappa shape index (κ2) is 9.43. The summed E-state index contributed by atoms with van der Waals surface area (Å²) in [6.45, 7) is 0.916. The molecule has 0 aliphatic carbocycles. The molecular formula is C20H21BrClN3O4S. The van der Waals surface area contributed by atoms with Crippen LogP contribution in [0.15, 0.2) is 45.8 Å². The van der Waals surface area contributed by atoms with Crippen LogP contribution in [0.2, 0.25) is 5.02 Å². The first kappa shape index (κ1) is 22.7. The smallest absolute Gasteiger partial charge is 0.247 e. The van der Waals surface area contributed by atoms with Crippen LogP contribution in [0.3, 0.4) is 0 Å². The maximum Gasteiger partial charge on any atom is 0.247 e. The van der Waals surface area contributed by atoms with Crippen LogP contribution in [0.4, 0.5) is 0 Å². The van der Waals surface area contributed by atoms with Gasteiger partial charge < -0.3 is 14.4 Å². The molecule has 0 spiro atoms. The van der Waals surface area contributed by atoms with Crippen molar-refractivity contribution >= 4 is 37.6 Å². The fourth-order valence-corrected chi connectivity index (χ4v) is 5.84. The van der Waals surface area contributed by atoms with E-state index in [0.29, 0.717) is 30.3 Å². The molecule has 0 aromatic heterocycles. The molecule has 1 aliphatic heterocycles. The molecule has 0 N–H and O–H groups in total. The third-order valence-electron chi connectivity index (χ3n) is 5.00. The quantitative estimate of drug-likeness (QED) is 0.522. The Kier molecular flexibility index (Phi) is 7.14. The molecule has 2 aromatic rings. The van der Waals surface area contributed by atoms with Crippen LogP contribution in [0.1, 0.15) is 12.0 Å². The number of nitriles is 1. The van der Waals surface area contributed by atoms with Gasteiger partial charge in [0.2, 0.25) is 10.0 Å². The lowest BCUT2D eigenvalue weighted by atomic mass is 10.2. The van der Waals surface area contributed by atoms with Crippen LogP contribution in [0.25, 0.3) is 0 Å². The number of halogens is 2. The largest absolute Gasteiger partial charge is 0.497 e. The molecule has 1 fully saturated rings. The normalized spacial score (nSPS) is 16.5. The third-order valence-corrected chi connectivity index (χ3v) is 7.93. The molecule has 0 unspecified atom stereocenters. The summed E-state index contributed by atoms with van der Waals surface area (Å²) in [5, 5.41) is 9.55. The number of rotatable bonds is 7. The van der Waals surface area contributed by atoms with E-state index < -0.39 is 10.0 Å². The van der Waals surface area contributed by atoms with Crippen LogP contribution < -0.4 is 9.47 Å². The second-order valence-electron chi connectivity index (χ2n) is 6.79. The van der Waals surface area contributed by atoms with Crippen molar-refractivity contribution in [1.29, 1.82) is 5.26 Å². The second-order valence-corrected chi connectivity index (χ2v) is 9.94. The maximum absolute atomic E-state index is 13.8. The predicted molar refractivity (Wildman–Crippen MR) is 117 cm³/mol. The van der Waals surface area contributed by atoms with Gasteiger partial charge in [0, 0.05) is 35.2 Å². The van der Waals surface area contributed by atoms with E-state index in [-0.39, 0.29) is 23.2 Å². The highest BCUT2D eigenvalue weighted by Gasteiger charge is 2.37. The van der Waals surface area contributed by atoms with E-state index in [2.05, 4.69) is 22.1 Å². The van der Waals surface area contributed by atoms with E-state index in [4.69, 9.17) is 21.1 Å². The first-order valence-corrected chi connectivity index (χ1v) is 11.7. The first-order valence-electron chi connectivity index (χ1n) is 9.12. The van der Waals surface area contributed by atoms with E-state index >= 15 is 0 Å². The molecule has 10 heteroatoms. The van der Waals surface area contributed by atoms with Crippen molar-refractivity contribution in [3.05, 3.63) is 51.5 Å². The predicted octanol–water partition coefficient (Wildman–Crippen LogP) is 3.87. The number of nitrogens with zero attached hydrogens (tertiary/aromatic N) is 3. The van der Waals surface area contributed by atoms with Gasteiger partial charge in [-0.2, -0.15) is 9.57 Å². The molecule has 0 saturated carbocycles. The van der Waals surface area contributed by atoms with Gasteiger partial charge in [-0.05, 0) is 48.4 Å². The van der Waals surface area contributed by atoms with E-state index in [0.717, 1.165) is 10.0 Å². The Bertz CT molecular complexity index is 1070. The van der Waals surface area contributed by atoms with E-state index in [1.807, 2.05) is 6.07 Å². The molecule has 30 heavy (non-hydrogen) atoms. The van der Waals surface area contributed by atoms with Crippen LogP contribution in [-0.4, -0.2) is 51.0 Å². The molecule has 2 aromatic carbocycles. The summed E-state index contributed by atoms with van der Waals surface area (Å²) < 4.78 is 40.3. The Morgan fingerprint density at radius 2 is 2.03 bits per heavy atom. The van der Waals surface area contributed by atoms with Crippen molar-refractivity contribution in [3.63, 3.8) is 0 Å². The molecular weight excluding hydrogens is 494 g/mol. The molecule has 3 rings (SSSR count). The van der Waals surface area contributed by atoms with Crippen LogP contribution in [-0.2, 0) is 16.6 Å². The summed E-state index contributed by atoms with van der Waals surface area (Å²) in [4.78, 5) is 1.55. The van der Waals surface area contributed by atoms with Gasteiger partial charge in [-0.15, -0.1) is 0 Å². The summed E-state index contributed by atoms with van der Waals surface area (Å²) in [5.41, 5.74) is 0.745. The van der Waals surface area contributed by atoms with E-state index in [1.165, 1.54) is 23.5 Å². The molecule has 1 saturated heterocycles. The summed E-state index contributed by atoms with van der Waals surface area (Å²) in [6, 6.07) is 9.52. The Morgan fingerprint density at radius 1 is 1.27 bits per heavy atom. The summed E-state index contributed by atoms with van der Waals surface area (Å²) in [6.07, 6.45) is 2.64. The van der Waals surface area contributed by atoms with Gasteiger partial charge >= 0.3 is 0 Å². The van der Waals surface area contributed by atoms with Crippen molar-refractivity contribution < 1.29 is 17.9 Å². The summed E-state index contributed by atoms with van der Waals surface area (Å²) in [7, 11) is -1.02. The van der Waals surface area contributed by atoms with Crippen molar-refractivity contribution in [2.75, 3.05) is 27.3 Å². The fourth-order valence-electron chi connectivity index (χ4n) is 3.42. The van der Waals surface area contributed by atoms with Crippen LogP contribution >= 0.6 is 27.5 Å². The molecule has 7 nitrogen and oxygen atoms in total. The van der Waals surface area contributed by atoms with Crippen LogP contribution in [0, 0.1) is 11.5 Å². The first-order chi connectivity index (χ1) is 14.3. The molecule has 0 radical (unpaired) electrons. The Labute approximate surface area is 189 Å². The van der Waals surface area contributed by atoms with Gasteiger partial charge in [0.1, 0.15) is 16.4 Å².